The van der Waals surface area contributed by atoms with E-state index >= 15 is 0 Å². The summed E-state index contributed by atoms with van der Waals surface area (Å²) in [5, 5.41) is 12.1. The van der Waals surface area contributed by atoms with Crippen molar-refractivity contribution in [2.45, 2.75) is 6.92 Å². The molecule has 0 bridgehead atoms. The number of nitrogens with one attached hydrogen (secondary N) is 1. The van der Waals surface area contributed by atoms with Crippen molar-refractivity contribution in [2.75, 3.05) is 31.8 Å². The molecule has 5 nitrogen and oxygen atoms in total. The first-order chi connectivity index (χ1) is 6.68. The van der Waals surface area contributed by atoms with Crippen LogP contribution in [0.5, 0.6) is 0 Å². The molecule has 0 spiro atoms. The largest absolute Gasteiger partial charge is 0.477 e. The highest BCUT2D eigenvalue weighted by Gasteiger charge is 1.99. The van der Waals surface area contributed by atoms with Crippen molar-refractivity contribution >= 4 is 23.4 Å². The van der Waals surface area contributed by atoms with Gasteiger partial charge in [-0.3, -0.25) is 0 Å². The highest BCUT2D eigenvalue weighted by molar-refractivity contribution is 7.99. The molecular weight excluding hydrogens is 204 g/mol. The standard InChI is InChI=1S/C8H16N2O3S/c1-7(8(11)12)10-9-3-5-14-6-4-13-2/h9H,3-6H2,1-2H3,(H,11,12)/b10-7-. The summed E-state index contributed by atoms with van der Waals surface area (Å²) in [6, 6.07) is 0. The zero-order valence-electron chi connectivity index (χ0n) is 8.45. The maximum absolute atomic E-state index is 10.3. The minimum atomic E-state index is -0.996. The van der Waals surface area contributed by atoms with Crippen molar-refractivity contribution in [1.29, 1.82) is 0 Å². The van der Waals surface area contributed by atoms with Crippen molar-refractivity contribution in [2.24, 2.45) is 5.10 Å². The fourth-order valence-corrected chi connectivity index (χ4v) is 1.31. The fourth-order valence-electron chi connectivity index (χ4n) is 0.584. The van der Waals surface area contributed by atoms with Crippen LogP contribution in [0.1, 0.15) is 6.92 Å². The van der Waals surface area contributed by atoms with Crippen LogP contribution < -0.4 is 5.43 Å². The summed E-state index contributed by atoms with van der Waals surface area (Å²) in [6.45, 7) is 2.86. The van der Waals surface area contributed by atoms with Gasteiger partial charge in [0.15, 0.2) is 0 Å². The van der Waals surface area contributed by atoms with Crippen molar-refractivity contribution in [1.82, 2.24) is 5.43 Å². The van der Waals surface area contributed by atoms with Crippen LogP contribution >= 0.6 is 11.8 Å². The minimum Gasteiger partial charge on any atom is -0.477 e. The van der Waals surface area contributed by atoms with Crippen LogP contribution in [0.15, 0.2) is 5.10 Å². The highest BCUT2D eigenvalue weighted by Crippen LogP contribution is 1.96. The second-order valence-electron chi connectivity index (χ2n) is 2.52. The molecule has 0 aromatic carbocycles. The van der Waals surface area contributed by atoms with Crippen LogP contribution in [-0.4, -0.2) is 48.6 Å². The van der Waals surface area contributed by atoms with Gasteiger partial charge in [0.05, 0.1) is 6.61 Å². The second kappa shape index (κ2) is 8.83. The molecule has 0 atom stereocenters. The van der Waals surface area contributed by atoms with Crippen molar-refractivity contribution < 1.29 is 14.6 Å². The molecule has 0 aromatic rings. The number of carboxylic acid groups (broad SMARTS) is 1. The number of carboxylic acids is 1. The van der Waals surface area contributed by atoms with Gasteiger partial charge in [0.1, 0.15) is 5.71 Å². The summed E-state index contributed by atoms with van der Waals surface area (Å²) in [5.41, 5.74) is 2.76. The zero-order valence-corrected chi connectivity index (χ0v) is 9.26. The normalized spacial score (nSPS) is 11.4. The van der Waals surface area contributed by atoms with Crippen LogP contribution in [0.4, 0.5) is 0 Å². The van der Waals surface area contributed by atoms with Gasteiger partial charge in [-0.1, -0.05) is 0 Å². The van der Waals surface area contributed by atoms with E-state index in [0.717, 1.165) is 18.1 Å². The van der Waals surface area contributed by atoms with Crippen LogP contribution in [-0.2, 0) is 9.53 Å². The predicted octanol–water partition coefficient (Wildman–Crippen LogP) is 0.416. The third-order valence-corrected chi connectivity index (χ3v) is 2.29. The van der Waals surface area contributed by atoms with E-state index < -0.39 is 5.97 Å². The molecule has 0 aliphatic heterocycles. The van der Waals surface area contributed by atoms with E-state index in [1.807, 2.05) is 0 Å². The average Bonchev–Trinajstić information content (AvgIpc) is 2.16. The Balaban J connectivity index is 3.29. The number of hydrogen-bond acceptors (Lipinski definition) is 5. The number of thioether (sulfide) groups is 1. The van der Waals surface area contributed by atoms with E-state index in [9.17, 15) is 4.79 Å². The van der Waals surface area contributed by atoms with Gasteiger partial charge in [0.25, 0.3) is 0 Å². The minimum absolute atomic E-state index is 0.0758. The van der Waals surface area contributed by atoms with E-state index in [-0.39, 0.29) is 5.71 Å². The summed E-state index contributed by atoms with van der Waals surface area (Å²) in [6.07, 6.45) is 0. The molecule has 0 radical (unpaired) electrons. The summed E-state index contributed by atoms with van der Waals surface area (Å²) in [7, 11) is 1.67. The van der Waals surface area contributed by atoms with E-state index in [1.165, 1.54) is 6.92 Å². The lowest BCUT2D eigenvalue weighted by molar-refractivity contribution is -0.129. The number of hydrazone groups is 1. The Morgan fingerprint density at radius 2 is 2.29 bits per heavy atom. The average molecular weight is 220 g/mol. The lowest BCUT2D eigenvalue weighted by atomic mass is 10.4. The van der Waals surface area contributed by atoms with E-state index in [4.69, 9.17) is 9.84 Å². The number of nitrogens with zero attached hydrogens (tertiary/aromatic N) is 1. The second-order valence-corrected chi connectivity index (χ2v) is 3.74. The van der Waals surface area contributed by atoms with Gasteiger partial charge < -0.3 is 15.3 Å². The molecule has 82 valence electrons. The zero-order chi connectivity index (χ0) is 10.8. The van der Waals surface area contributed by atoms with Crippen molar-refractivity contribution in [3.63, 3.8) is 0 Å². The summed E-state index contributed by atoms with van der Waals surface area (Å²) < 4.78 is 4.87. The quantitative estimate of drug-likeness (QED) is 0.352. The number of hydrogen-bond donors (Lipinski definition) is 2. The van der Waals surface area contributed by atoms with Gasteiger partial charge in [-0.05, 0) is 6.92 Å². The smallest absolute Gasteiger partial charge is 0.351 e. The molecule has 0 aliphatic rings. The van der Waals surface area contributed by atoms with Crippen LogP contribution in [0.2, 0.25) is 0 Å². The number of ether oxygens (including phenoxy) is 1. The van der Waals surface area contributed by atoms with Crippen LogP contribution in [0.25, 0.3) is 0 Å². The Labute approximate surface area is 87.9 Å². The molecule has 14 heavy (non-hydrogen) atoms. The Morgan fingerprint density at radius 3 is 2.86 bits per heavy atom. The lowest BCUT2D eigenvalue weighted by Crippen LogP contribution is -2.17. The number of methoxy groups -OCH3 is 1. The Kier molecular flexibility index (Phi) is 8.36. The SMILES string of the molecule is COCCSCCN/N=C(/C)C(=O)O. The molecule has 0 saturated heterocycles. The molecule has 2 N–H and O–H groups in total. The van der Waals surface area contributed by atoms with Gasteiger partial charge in [-0.2, -0.15) is 16.9 Å². The summed E-state index contributed by atoms with van der Waals surface area (Å²) in [5.74, 6) is 0.837. The molecule has 0 unspecified atom stereocenters. The third-order valence-electron chi connectivity index (χ3n) is 1.35. The number of carbonyl (C=O) groups is 1. The topological polar surface area (TPSA) is 70.9 Å². The number of rotatable bonds is 8. The molecule has 0 saturated carbocycles. The first kappa shape index (κ1) is 13.2. The first-order valence-corrected chi connectivity index (χ1v) is 5.41. The molecule has 0 rings (SSSR count). The van der Waals surface area contributed by atoms with Crippen molar-refractivity contribution in [3.8, 4) is 0 Å². The lowest BCUT2D eigenvalue weighted by Gasteiger charge is -2.01. The Morgan fingerprint density at radius 1 is 1.57 bits per heavy atom. The maximum Gasteiger partial charge on any atom is 0.351 e. The van der Waals surface area contributed by atoms with Gasteiger partial charge in [-0.25, -0.2) is 4.79 Å². The Bertz CT molecular complexity index is 197. The molecular formula is C8H16N2O3S. The predicted molar refractivity (Wildman–Crippen MR) is 57.9 cm³/mol. The summed E-state index contributed by atoms with van der Waals surface area (Å²) in [4.78, 5) is 10.3. The van der Waals surface area contributed by atoms with Gasteiger partial charge in [-0.15, -0.1) is 0 Å². The fraction of sp³-hybridized carbons (Fsp3) is 0.750. The van der Waals surface area contributed by atoms with E-state index in [2.05, 4.69) is 10.5 Å². The van der Waals surface area contributed by atoms with E-state index in [1.54, 1.807) is 18.9 Å². The van der Waals surface area contributed by atoms with Crippen molar-refractivity contribution in [3.05, 3.63) is 0 Å². The van der Waals surface area contributed by atoms with E-state index in [0.29, 0.717) is 6.54 Å². The molecule has 0 heterocycles. The highest BCUT2D eigenvalue weighted by atomic mass is 32.2. The first-order valence-electron chi connectivity index (χ1n) is 4.25. The maximum atomic E-state index is 10.3. The van der Waals surface area contributed by atoms with Gasteiger partial charge in [0.2, 0.25) is 0 Å². The molecule has 0 amide bonds. The van der Waals surface area contributed by atoms with Crippen LogP contribution in [0.3, 0.4) is 0 Å². The van der Waals surface area contributed by atoms with Crippen LogP contribution in [0, 0.1) is 0 Å². The Hall–Kier alpha value is -0.750. The molecule has 6 heteroatoms. The number of aliphatic carboxylic acids is 1. The summed E-state index contributed by atoms with van der Waals surface area (Å²) >= 11 is 1.73. The molecule has 0 aromatic heterocycles. The van der Waals surface area contributed by atoms with Gasteiger partial charge in [0, 0.05) is 25.2 Å². The van der Waals surface area contributed by atoms with Gasteiger partial charge >= 0.3 is 5.97 Å². The molecule has 0 fully saturated rings. The third kappa shape index (κ3) is 7.88. The monoisotopic (exact) mass is 220 g/mol. The molecule has 0 aliphatic carbocycles.